The van der Waals surface area contributed by atoms with Gasteiger partial charge < -0.3 is 14.8 Å². The smallest absolute Gasteiger partial charge is 0.127 e. The van der Waals surface area contributed by atoms with E-state index in [-0.39, 0.29) is 0 Å². The molecule has 3 heteroatoms. The summed E-state index contributed by atoms with van der Waals surface area (Å²) in [6.07, 6.45) is 2.06. The fourth-order valence-corrected chi connectivity index (χ4v) is 1.43. The quantitative estimate of drug-likeness (QED) is 0.769. The van der Waals surface area contributed by atoms with E-state index in [0.29, 0.717) is 6.61 Å². The number of hydrogen-bond acceptors (Lipinski definition) is 3. The van der Waals surface area contributed by atoms with Crippen molar-refractivity contribution in [2.45, 2.75) is 20.4 Å². The fourth-order valence-electron chi connectivity index (χ4n) is 1.43. The van der Waals surface area contributed by atoms with Crippen molar-refractivity contribution in [1.82, 2.24) is 5.32 Å². The maximum absolute atomic E-state index is 5.75. The van der Waals surface area contributed by atoms with Crippen molar-refractivity contribution in [3.05, 3.63) is 35.4 Å². The first kappa shape index (κ1) is 13.6. The summed E-state index contributed by atoms with van der Waals surface area (Å²) in [5, 5.41) is 3.12. The van der Waals surface area contributed by atoms with Gasteiger partial charge in [0.15, 0.2) is 0 Å². The van der Waals surface area contributed by atoms with E-state index in [1.54, 1.807) is 7.11 Å². The molecule has 0 aromatic heterocycles. The summed E-state index contributed by atoms with van der Waals surface area (Å²) in [4.78, 5) is 0. The molecular formula is C14H21NO2. The molecule has 0 saturated heterocycles. The summed E-state index contributed by atoms with van der Waals surface area (Å²) in [5.41, 5.74) is 2.39. The maximum Gasteiger partial charge on any atom is 0.127 e. The van der Waals surface area contributed by atoms with Gasteiger partial charge in [-0.25, -0.2) is 0 Å². The lowest BCUT2D eigenvalue weighted by Gasteiger charge is -2.11. The van der Waals surface area contributed by atoms with Crippen LogP contribution in [0.25, 0.3) is 0 Å². The van der Waals surface area contributed by atoms with Gasteiger partial charge in [0.2, 0.25) is 0 Å². The van der Waals surface area contributed by atoms with E-state index >= 15 is 0 Å². The number of methoxy groups -OCH3 is 1. The van der Waals surface area contributed by atoms with Gasteiger partial charge in [-0.15, -0.1) is 0 Å². The highest BCUT2D eigenvalue weighted by Gasteiger charge is 2.04. The summed E-state index contributed by atoms with van der Waals surface area (Å²) in [6.45, 7) is 5.49. The Hall–Kier alpha value is -1.48. The van der Waals surface area contributed by atoms with Crippen molar-refractivity contribution in [3.8, 4) is 11.5 Å². The molecular weight excluding hydrogens is 214 g/mol. The molecule has 1 rings (SSSR count). The van der Waals surface area contributed by atoms with Crippen LogP contribution in [0.3, 0.4) is 0 Å². The predicted molar refractivity (Wildman–Crippen MR) is 70.7 cm³/mol. The Labute approximate surface area is 103 Å². The van der Waals surface area contributed by atoms with Crippen molar-refractivity contribution in [1.29, 1.82) is 0 Å². The number of nitrogens with one attached hydrogen (secondary N) is 1. The van der Waals surface area contributed by atoms with Gasteiger partial charge in [0.1, 0.15) is 18.1 Å². The first-order chi connectivity index (χ1) is 8.17. The monoisotopic (exact) mass is 235 g/mol. The molecule has 1 aromatic rings. The third-order valence-electron chi connectivity index (χ3n) is 2.37. The molecule has 17 heavy (non-hydrogen) atoms. The topological polar surface area (TPSA) is 30.5 Å². The van der Waals surface area contributed by atoms with Crippen molar-refractivity contribution in [2.75, 3.05) is 20.8 Å². The molecule has 0 heterocycles. The summed E-state index contributed by atoms with van der Waals surface area (Å²) in [6, 6.07) is 5.89. The van der Waals surface area contributed by atoms with Crippen LogP contribution in [0.15, 0.2) is 29.8 Å². The van der Waals surface area contributed by atoms with Crippen molar-refractivity contribution < 1.29 is 9.47 Å². The van der Waals surface area contributed by atoms with Gasteiger partial charge in [-0.2, -0.15) is 0 Å². The normalized spacial score (nSPS) is 9.88. The average molecular weight is 235 g/mol. The Bertz CT molecular complexity index is 382. The number of hydrogen-bond donors (Lipinski definition) is 1. The molecule has 0 aliphatic rings. The molecule has 0 aliphatic carbocycles. The Balaban J connectivity index is 2.81. The van der Waals surface area contributed by atoms with Gasteiger partial charge >= 0.3 is 0 Å². The van der Waals surface area contributed by atoms with E-state index in [0.717, 1.165) is 23.6 Å². The van der Waals surface area contributed by atoms with Crippen molar-refractivity contribution in [3.63, 3.8) is 0 Å². The lowest BCUT2D eigenvalue weighted by molar-refractivity contribution is 0.351. The van der Waals surface area contributed by atoms with Crippen LogP contribution in [-0.4, -0.2) is 20.8 Å². The standard InChI is InChI=1S/C14H21NO2/c1-11(2)7-8-17-14-9-13(16-4)6-5-12(14)10-15-3/h5-7,9,15H,8,10H2,1-4H3. The molecule has 0 spiro atoms. The third-order valence-corrected chi connectivity index (χ3v) is 2.37. The number of ether oxygens (including phenoxy) is 2. The van der Waals surface area contributed by atoms with E-state index < -0.39 is 0 Å². The van der Waals surface area contributed by atoms with E-state index in [4.69, 9.17) is 9.47 Å². The molecule has 1 aromatic carbocycles. The van der Waals surface area contributed by atoms with E-state index in [1.165, 1.54) is 5.57 Å². The van der Waals surface area contributed by atoms with E-state index in [1.807, 2.05) is 25.2 Å². The van der Waals surface area contributed by atoms with Crippen LogP contribution >= 0.6 is 0 Å². The molecule has 0 radical (unpaired) electrons. The summed E-state index contributed by atoms with van der Waals surface area (Å²) >= 11 is 0. The van der Waals surface area contributed by atoms with Crippen LogP contribution in [-0.2, 0) is 6.54 Å². The molecule has 0 fully saturated rings. The average Bonchev–Trinajstić information content (AvgIpc) is 2.31. The molecule has 1 N–H and O–H groups in total. The van der Waals surface area contributed by atoms with Crippen LogP contribution in [0.2, 0.25) is 0 Å². The van der Waals surface area contributed by atoms with Crippen LogP contribution in [0.5, 0.6) is 11.5 Å². The molecule has 0 bridgehead atoms. The highest BCUT2D eigenvalue weighted by atomic mass is 16.5. The molecule has 94 valence electrons. The minimum Gasteiger partial charge on any atom is -0.497 e. The Morgan fingerprint density at radius 1 is 1.35 bits per heavy atom. The van der Waals surface area contributed by atoms with Gasteiger partial charge in [-0.1, -0.05) is 11.6 Å². The second-order valence-electron chi connectivity index (χ2n) is 4.10. The highest BCUT2D eigenvalue weighted by molar-refractivity contribution is 5.40. The molecule has 0 unspecified atom stereocenters. The third kappa shape index (κ3) is 4.49. The van der Waals surface area contributed by atoms with E-state index in [9.17, 15) is 0 Å². The van der Waals surface area contributed by atoms with Crippen molar-refractivity contribution in [2.24, 2.45) is 0 Å². The van der Waals surface area contributed by atoms with Gasteiger partial charge in [0, 0.05) is 18.2 Å². The SMILES string of the molecule is CNCc1ccc(OC)cc1OCC=C(C)C. The lowest BCUT2D eigenvalue weighted by atomic mass is 10.2. The summed E-state index contributed by atoms with van der Waals surface area (Å²) in [7, 11) is 3.58. The first-order valence-electron chi connectivity index (χ1n) is 5.75. The molecule has 3 nitrogen and oxygen atoms in total. The zero-order valence-electron chi connectivity index (χ0n) is 11.0. The van der Waals surface area contributed by atoms with Gasteiger partial charge in [0.25, 0.3) is 0 Å². The Kier molecular flexibility index (Phi) is 5.57. The molecule has 0 amide bonds. The zero-order valence-corrected chi connectivity index (χ0v) is 11.0. The van der Waals surface area contributed by atoms with Crippen LogP contribution < -0.4 is 14.8 Å². The number of rotatable bonds is 6. The minimum atomic E-state index is 0.589. The van der Waals surface area contributed by atoms with Crippen LogP contribution in [0, 0.1) is 0 Å². The maximum atomic E-state index is 5.75. The highest BCUT2D eigenvalue weighted by Crippen LogP contribution is 2.24. The van der Waals surface area contributed by atoms with Gasteiger partial charge in [-0.05, 0) is 33.0 Å². The van der Waals surface area contributed by atoms with Crippen molar-refractivity contribution >= 4 is 0 Å². The van der Waals surface area contributed by atoms with E-state index in [2.05, 4.69) is 25.2 Å². The van der Waals surface area contributed by atoms with Gasteiger partial charge in [0.05, 0.1) is 7.11 Å². The summed E-state index contributed by atoms with van der Waals surface area (Å²) in [5.74, 6) is 1.69. The number of allylic oxidation sites excluding steroid dienone is 1. The zero-order chi connectivity index (χ0) is 12.7. The largest absolute Gasteiger partial charge is 0.497 e. The van der Waals surface area contributed by atoms with Crippen LogP contribution in [0.4, 0.5) is 0 Å². The molecule has 0 atom stereocenters. The fraction of sp³-hybridized carbons (Fsp3) is 0.429. The molecule has 0 saturated carbocycles. The second-order valence-corrected chi connectivity index (χ2v) is 4.10. The first-order valence-corrected chi connectivity index (χ1v) is 5.75. The Morgan fingerprint density at radius 3 is 2.71 bits per heavy atom. The molecule has 0 aliphatic heterocycles. The summed E-state index contributed by atoms with van der Waals surface area (Å²) < 4.78 is 10.9. The minimum absolute atomic E-state index is 0.589. The van der Waals surface area contributed by atoms with Crippen LogP contribution in [0.1, 0.15) is 19.4 Å². The Morgan fingerprint density at radius 2 is 2.12 bits per heavy atom. The van der Waals surface area contributed by atoms with Gasteiger partial charge in [-0.3, -0.25) is 0 Å². The predicted octanol–water partition coefficient (Wildman–Crippen LogP) is 2.76. The second kappa shape index (κ2) is 6.97. The number of benzene rings is 1. The lowest BCUT2D eigenvalue weighted by Crippen LogP contribution is -2.07.